The first kappa shape index (κ1) is 11.4. The van der Waals surface area contributed by atoms with Crippen LogP contribution in [0.3, 0.4) is 0 Å². The number of allylic oxidation sites excluding steroid dienone is 1. The molecule has 0 amide bonds. The number of hydrogen-bond acceptors (Lipinski definition) is 2. The highest BCUT2D eigenvalue weighted by molar-refractivity contribution is 5.28. The van der Waals surface area contributed by atoms with Gasteiger partial charge in [-0.15, -0.1) is 6.58 Å². The number of rotatable bonds is 7. The minimum Gasteiger partial charge on any atom is -0.498 e. The molecule has 0 atom stereocenters. The maximum atomic E-state index is 5.44. The second-order valence-corrected chi connectivity index (χ2v) is 3.02. The van der Waals surface area contributed by atoms with E-state index in [-0.39, 0.29) is 0 Å². The second kappa shape index (κ2) is 6.71. The van der Waals surface area contributed by atoms with Crippen LogP contribution < -0.4 is 4.74 Å². The molecule has 2 heteroatoms. The molecule has 0 aromatic heterocycles. The predicted molar refractivity (Wildman–Crippen MR) is 62.0 cm³/mol. The van der Waals surface area contributed by atoms with Gasteiger partial charge in [0.1, 0.15) is 19.0 Å². The van der Waals surface area contributed by atoms with E-state index in [1.807, 2.05) is 30.3 Å². The van der Waals surface area contributed by atoms with Gasteiger partial charge in [0.05, 0.1) is 6.26 Å². The third-order valence-corrected chi connectivity index (χ3v) is 1.89. The summed E-state index contributed by atoms with van der Waals surface area (Å²) in [6.07, 6.45) is 4.18. The lowest BCUT2D eigenvalue weighted by molar-refractivity contribution is 0.179. The molecular weight excluding hydrogens is 188 g/mol. The molecule has 0 fully saturated rings. The highest BCUT2D eigenvalue weighted by Crippen LogP contribution is 2.12. The van der Waals surface area contributed by atoms with Crippen LogP contribution in [0, 0.1) is 0 Å². The zero-order valence-corrected chi connectivity index (χ0v) is 8.82. The minimum atomic E-state index is 0.526. The van der Waals surface area contributed by atoms with Gasteiger partial charge in [-0.3, -0.25) is 0 Å². The van der Waals surface area contributed by atoms with E-state index in [1.54, 1.807) is 0 Å². The van der Waals surface area contributed by atoms with Gasteiger partial charge in [0.15, 0.2) is 0 Å². The molecule has 0 aliphatic rings. The molecule has 0 saturated heterocycles. The standard InChI is InChI=1S/C13H16O2/c1-3-5-12-6-8-13(9-7-12)15-11-10-14-4-2/h3-4,6-9H,1-2,5,10-11H2. The molecule has 1 rings (SSSR count). The SMILES string of the molecule is C=CCc1ccc(OCCOC=C)cc1. The Morgan fingerprint density at radius 2 is 1.80 bits per heavy atom. The van der Waals surface area contributed by atoms with Crippen LogP contribution in [0.15, 0.2) is 49.8 Å². The topological polar surface area (TPSA) is 18.5 Å². The Bertz CT molecular complexity index is 301. The molecule has 1 aromatic rings. The highest BCUT2D eigenvalue weighted by atomic mass is 16.5. The van der Waals surface area contributed by atoms with Crippen LogP contribution in [0.4, 0.5) is 0 Å². The Balaban J connectivity index is 2.35. The Morgan fingerprint density at radius 1 is 1.07 bits per heavy atom. The summed E-state index contributed by atoms with van der Waals surface area (Å²) in [7, 11) is 0. The van der Waals surface area contributed by atoms with Gasteiger partial charge in [-0.25, -0.2) is 0 Å². The van der Waals surface area contributed by atoms with E-state index in [0.717, 1.165) is 12.2 Å². The molecular formula is C13H16O2. The fourth-order valence-electron chi connectivity index (χ4n) is 1.18. The van der Waals surface area contributed by atoms with Crippen molar-refractivity contribution in [3.63, 3.8) is 0 Å². The van der Waals surface area contributed by atoms with Gasteiger partial charge in [-0.2, -0.15) is 0 Å². The van der Waals surface area contributed by atoms with Crippen LogP contribution in [-0.4, -0.2) is 13.2 Å². The van der Waals surface area contributed by atoms with E-state index in [9.17, 15) is 0 Å². The van der Waals surface area contributed by atoms with Crippen molar-refractivity contribution in [3.8, 4) is 5.75 Å². The van der Waals surface area contributed by atoms with Gasteiger partial charge in [-0.1, -0.05) is 24.8 Å². The van der Waals surface area contributed by atoms with Gasteiger partial charge in [0.2, 0.25) is 0 Å². The number of hydrogen-bond donors (Lipinski definition) is 0. The van der Waals surface area contributed by atoms with E-state index in [4.69, 9.17) is 9.47 Å². The normalized spacial score (nSPS) is 9.33. The first-order valence-electron chi connectivity index (χ1n) is 4.92. The molecule has 0 saturated carbocycles. The molecule has 80 valence electrons. The maximum Gasteiger partial charge on any atom is 0.122 e. The predicted octanol–water partition coefficient (Wildman–Crippen LogP) is 2.95. The Kier molecular flexibility index (Phi) is 5.09. The molecule has 15 heavy (non-hydrogen) atoms. The summed E-state index contributed by atoms with van der Waals surface area (Å²) in [5.41, 5.74) is 1.24. The summed E-state index contributed by atoms with van der Waals surface area (Å²) in [6.45, 7) is 8.20. The number of ether oxygens (including phenoxy) is 2. The molecule has 0 aliphatic carbocycles. The lowest BCUT2D eigenvalue weighted by atomic mass is 10.1. The summed E-state index contributed by atoms with van der Waals surface area (Å²) in [5, 5.41) is 0. The maximum absolute atomic E-state index is 5.44. The van der Waals surface area contributed by atoms with E-state index in [1.165, 1.54) is 11.8 Å². The quantitative estimate of drug-likeness (QED) is 0.386. The molecule has 2 nitrogen and oxygen atoms in total. The summed E-state index contributed by atoms with van der Waals surface area (Å²) >= 11 is 0. The van der Waals surface area contributed by atoms with Gasteiger partial charge in [0.25, 0.3) is 0 Å². The first-order chi connectivity index (χ1) is 7.36. The molecule has 0 heterocycles. The molecule has 0 unspecified atom stereocenters. The van der Waals surface area contributed by atoms with Crippen LogP contribution in [-0.2, 0) is 11.2 Å². The summed E-state index contributed by atoms with van der Waals surface area (Å²) in [5.74, 6) is 0.857. The van der Waals surface area contributed by atoms with Crippen LogP contribution in [0.5, 0.6) is 5.75 Å². The van der Waals surface area contributed by atoms with E-state index in [2.05, 4.69) is 13.2 Å². The second-order valence-electron chi connectivity index (χ2n) is 3.02. The van der Waals surface area contributed by atoms with Crippen molar-refractivity contribution in [2.24, 2.45) is 0 Å². The molecule has 0 aliphatic heterocycles. The fraction of sp³-hybridized carbons (Fsp3) is 0.231. The lowest BCUT2D eigenvalue weighted by Gasteiger charge is -2.06. The summed E-state index contributed by atoms with van der Waals surface area (Å²) < 4.78 is 10.4. The van der Waals surface area contributed by atoms with E-state index < -0.39 is 0 Å². The number of benzene rings is 1. The zero-order chi connectivity index (χ0) is 10.9. The van der Waals surface area contributed by atoms with Crippen molar-refractivity contribution in [1.29, 1.82) is 0 Å². The molecule has 0 N–H and O–H groups in total. The minimum absolute atomic E-state index is 0.526. The molecule has 0 spiro atoms. The van der Waals surface area contributed by atoms with Crippen LogP contribution in [0.25, 0.3) is 0 Å². The Labute approximate surface area is 90.8 Å². The van der Waals surface area contributed by atoms with Gasteiger partial charge >= 0.3 is 0 Å². The van der Waals surface area contributed by atoms with Gasteiger partial charge in [0, 0.05) is 0 Å². The monoisotopic (exact) mass is 204 g/mol. The van der Waals surface area contributed by atoms with Crippen molar-refractivity contribution in [2.75, 3.05) is 13.2 Å². The third kappa shape index (κ3) is 4.36. The first-order valence-corrected chi connectivity index (χ1v) is 4.92. The summed E-state index contributed by atoms with van der Waals surface area (Å²) in [6, 6.07) is 7.97. The Morgan fingerprint density at radius 3 is 2.40 bits per heavy atom. The van der Waals surface area contributed by atoms with Crippen molar-refractivity contribution >= 4 is 0 Å². The van der Waals surface area contributed by atoms with Crippen molar-refractivity contribution in [1.82, 2.24) is 0 Å². The van der Waals surface area contributed by atoms with Crippen LogP contribution in [0.1, 0.15) is 5.56 Å². The smallest absolute Gasteiger partial charge is 0.122 e. The Hall–Kier alpha value is -1.70. The highest BCUT2D eigenvalue weighted by Gasteiger charge is 1.93. The molecule has 1 aromatic carbocycles. The molecule has 0 radical (unpaired) electrons. The van der Waals surface area contributed by atoms with E-state index in [0.29, 0.717) is 13.2 Å². The average Bonchev–Trinajstić information content (AvgIpc) is 2.27. The van der Waals surface area contributed by atoms with Crippen molar-refractivity contribution in [2.45, 2.75) is 6.42 Å². The fourth-order valence-corrected chi connectivity index (χ4v) is 1.18. The van der Waals surface area contributed by atoms with Crippen molar-refractivity contribution < 1.29 is 9.47 Å². The van der Waals surface area contributed by atoms with Crippen LogP contribution >= 0.6 is 0 Å². The molecule has 0 bridgehead atoms. The van der Waals surface area contributed by atoms with Gasteiger partial charge < -0.3 is 9.47 Å². The van der Waals surface area contributed by atoms with Crippen molar-refractivity contribution in [3.05, 3.63) is 55.3 Å². The largest absolute Gasteiger partial charge is 0.498 e. The third-order valence-electron chi connectivity index (χ3n) is 1.89. The summed E-state index contributed by atoms with van der Waals surface area (Å²) in [4.78, 5) is 0. The lowest BCUT2D eigenvalue weighted by Crippen LogP contribution is -2.03. The average molecular weight is 204 g/mol. The van der Waals surface area contributed by atoms with Gasteiger partial charge in [-0.05, 0) is 24.1 Å². The van der Waals surface area contributed by atoms with Crippen LogP contribution in [0.2, 0.25) is 0 Å². The zero-order valence-electron chi connectivity index (χ0n) is 8.82. The van der Waals surface area contributed by atoms with E-state index >= 15 is 0 Å².